The van der Waals surface area contributed by atoms with E-state index < -0.39 is 23.5 Å². The molecule has 1 fully saturated rings. The maximum Gasteiger partial charge on any atom is 0.300 e. The SMILES string of the molecule is COc1cccc(/C(O)=C2\C(=O)C(=O)N(c3ccc(F)c(Cl)c3)C2c2cccc(OC)c2)c1. The van der Waals surface area contributed by atoms with E-state index in [1.807, 2.05) is 0 Å². The van der Waals surface area contributed by atoms with Crippen LogP contribution in [0, 0.1) is 5.82 Å². The van der Waals surface area contributed by atoms with Crippen LogP contribution in [0.5, 0.6) is 11.5 Å². The Hall–Kier alpha value is -3.84. The van der Waals surface area contributed by atoms with Gasteiger partial charge in [0.1, 0.15) is 23.1 Å². The highest BCUT2D eigenvalue weighted by Gasteiger charge is 2.47. The second-order valence-corrected chi connectivity index (χ2v) is 7.68. The number of aliphatic hydroxyl groups excluding tert-OH is 1. The molecule has 1 heterocycles. The zero-order valence-electron chi connectivity index (χ0n) is 17.7. The molecule has 0 aromatic heterocycles. The van der Waals surface area contributed by atoms with Crippen molar-refractivity contribution in [3.63, 3.8) is 0 Å². The molecule has 0 radical (unpaired) electrons. The number of carbonyl (C=O) groups is 2. The molecular formula is C25H19ClFNO5. The molecule has 8 heteroatoms. The summed E-state index contributed by atoms with van der Waals surface area (Å²) in [6.07, 6.45) is 0. The standard InChI is InChI=1S/C25H19ClFNO5/c1-32-17-7-3-5-14(11-17)22-21(23(29)15-6-4-8-18(12-15)33-2)24(30)25(31)28(22)16-9-10-20(27)19(26)13-16/h3-13,22,29H,1-2H3/b23-21+. The summed E-state index contributed by atoms with van der Waals surface area (Å²) in [5.74, 6) is -1.83. The Kier molecular flexibility index (Phi) is 6.07. The van der Waals surface area contributed by atoms with Gasteiger partial charge in [-0.1, -0.05) is 35.9 Å². The Morgan fingerprint density at radius 3 is 2.30 bits per heavy atom. The summed E-state index contributed by atoms with van der Waals surface area (Å²) >= 11 is 5.95. The van der Waals surface area contributed by atoms with Crippen molar-refractivity contribution in [2.75, 3.05) is 19.1 Å². The molecular weight excluding hydrogens is 449 g/mol. The number of aliphatic hydroxyl groups is 1. The van der Waals surface area contributed by atoms with Crippen molar-refractivity contribution >= 4 is 34.7 Å². The number of nitrogens with zero attached hydrogens (tertiary/aromatic N) is 1. The molecule has 0 bridgehead atoms. The second-order valence-electron chi connectivity index (χ2n) is 7.28. The number of amides is 1. The molecule has 1 atom stereocenters. The van der Waals surface area contributed by atoms with Crippen molar-refractivity contribution in [2.24, 2.45) is 0 Å². The predicted octanol–water partition coefficient (Wildman–Crippen LogP) is 5.12. The lowest BCUT2D eigenvalue weighted by Gasteiger charge is -2.26. The van der Waals surface area contributed by atoms with E-state index in [1.54, 1.807) is 48.5 Å². The lowest BCUT2D eigenvalue weighted by Crippen LogP contribution is -2.29. The number of hydrogen-bond acceptors (Lipinski definition) is 5. The van der Waals surface area contributed by atoms with Crippen LogP contribution < -0.4 is 14.4 Å². The summed E-state index contributed by atoms with van der Waals surface area (Å²) in [6, 6.07) is 16.0. The smallest absolute Gasteiger partial charge is 0.300 e. The van der Waals surface area contributed by atoms with Gasteiger partial charge in [0.15, 0.2) is 0 Å². The Morgan fingerprint density at radius 1 is 0.970 bits per heavy atom. The van der Waals surface area contributed by atoms with Gasteiger partial charge in [-0.2, -0.15) is 0 Å². The van der Waals surface area contributed by atoms with Crippen LogP contribution in [-0.2, 0) is 9.59 Å². The maximum atomic E-state index is 13.8. The van der Waals surface area contributed by atoms with E-state index in [1.165, 1.54) is 31.3 Å². The highest BCUT2D eigenvalue weighted by molar-refractivity contribution is 6.51. The Labute approximate surface area is 194 Å². The van der Waals surface area contributed by atoms with Crippen LogP contribution in [0.3, 0.4) is 0 Å². The monoisotopic (exact) mass is 467 g/mol. The third-order valence-corrected chi connectivity index (χ3v) is 5.67. The van der Waals surface area contributed by atoms with Crippen LogP contribution in [0.2, 0.25) is 5.02 Å². The molecule has 1 saturated heterocycles. The van der Waals surface area contributed by atoms with Crippen LogP contribution in [0.4, 0.5) is 10.1 Å². The summed E-state index contributed by atoms with van der Waals surface area (Å²) in [5, 5.41) is 11.0. The number of ether oxygens (including phenoxy) is 2. The van der Waals surface area contributed by atoms with Crippen molar-refractivity contribution in [1.29, 1.82) is 0 Å². The van der Waals surface area contributed by atoms with Crippen LogP contribution in [-0.4, -0.2) is 31.0 Å². The highest BCUT2D eigenvalue weighted by atomic mass is 35.5. The van der Waals surface area contributed by atoms with Gasteiger partial charge < -0.3 is 14.6 Å². The van der Waals surface area contributed by atoms with Crippen molar-refractivity contribution in [3.8, 4) is 11.5 Å². The van der Waals surface area contributed by atoms with E-state index in [-0.39, 0.29) is 22.0 Å². The number of methoxy groups -OCH3 is 2. The number of Topliss-reactive ketones (excluding diaryl/α,β-unsaturated/α-hetero) is 1. The second kappa shape index (κ2) is 8.96. The van der Waals surface area contributed by atoms with E-state index in [4.69, 9.17) is 21.1 Å². The van der Waals surface area contributed by atoms with E-state index in [2.05, 4.69) is 0 Å². The van der Waals surface area contributed by atoms with Crippen LogP contribution in [0.1, 0.15) is 17.2 Å². The molecule has 1 amide bonds. The molecule has 3 aromatic rings. The Balaban J connectivity index is 1.97. The fourth-order valence-electron chi connectivity index (χ4n) is 3.79. The topological polar surface area (TPSA) is 76.1 Å². The Bertz CT molecular complexity index is 1290. The number of halogens is 2. The van der Waals surface area contributed by atoms with Crippen LogP contribution >= 0.6 is 11.6 Å². The van der Waals surface area contributed by atoms with Gasteiger partial charge in [-0.3, -0.25) is 14.5 Å². The molecule has 0 spiro atoms. The average molecular weight is 468 g/mol. The molecule has 0 aliphatic carbocycles. The van der Waals surface area contributed by atoms with Gasteiger partial charge in [0.05, 0.1) is 30.9 Å². The van der Waals surface area contributed by atoms with Gasteiger partial charge in [0.2, 0.25) is 0 Å². The summed E-state index contributed by atoms with van der Waals surface area (Å²) in [4.78, 5) is 27.5. The number of hydrogen-bond donors (Lipinski definition) is 1. The zero-order valence-corrected chi connectivity index (χ0v) is 18.5. The highest BCUT2D eigenvalue weighted by Crippen LogP contribution is 2.43. The average Bonchev–Trinajstić information content (AvgIpc) is 3.10. The molecule has 1 N–H and O–H groups in total. The molecule has 1 unspecified atom stereocenters. The van der Waals surface area contributed by atoms with Gasteiger partial charge in [-0.15, -0.1) is 0 Å². The summed E-state index contributed by atoms with van der Waals surface area (Å²) in [7, 11) is 2.97. The normalized spacial score (nSPS) is 17.3. The first-order chi connectivity index (χ1) is 15.8. The van der Waals surface area contributed by atoms with Gasteiger partial charge >= 0.3 is 0 Å². The largest absolute Gasteiger partial charge is 0.507 e. The van der Waals surface area contributed by atoms with E-state index in [9.17, 15) is 19.1 Å². The van der Waals surface area contributed by atoms with E-state index in [0.29, 0.717) is 22.6 Å². The van der Waals surface area contributed by atoms with Crippen molar-refractivity contribution < 1.29 is 28.6 Å². The number of rotatable bonds is 5. The number of benzene rings is 3. The summed E-state index contributed by atoms with van der Waals surface area (Å²) in [6.45, 7) is 0. The lowest BCUT2D eigenvalue weighted by atomic mass is 9.95. The quantitative estimate of drug-likeness (QED) is 0.320. The van der Waals surface area contributed by atoms with Crippen LogP contribution in [0.15, 0.2) is 72.3 Å². The molecule has 3 aromatic carbocycles. The minimum atomic E-state index is -1.01. The molecule has 0 saturated carbocycles. The first-order valence-electron chi connectivity index (χ1n) is 9.90. The first-order valence-corrected chi connectivity index (χ1v) is 10.3. The minimum Gasteiger partial charge on any atom is -0.507 e. The fourth-order valence-corrected chi connectivity index (χ4v) is 3.96. The number of ketones is 1. The number of carbonyl (C=O) groups excluding carboxylic acids is 2. The zero-order chi connectivity index (χ0) is 23.7. The van der Waals surface area contributed by atoms with E-state index in [0.717, 1.165) is 6.07 Å². The fraction of sp³-hybridized carbons (Fsp3) is 0.120. The molecule has 6 nitrogen and oxygen atoms in total. The first kappa shape index (κ1) is 22.4. The number of anilines is 1. The van der Waals surface area contributed by atoms with Gasteiger partial charge in [0.25, 0.3) is 11.7 Å². The Morgan fingerprint density at radius 2 is 1.64 bits per heavy atom. The maximum absolute atomic E-state index is 13.8. The molecule has 1 aliphatic heterocycles. The molecule has 1 aliphatic rings. The molecule has 168 valence electrons. The summed E-state index contributed by atoms with van der Waals surface area (Å²) in [5.41, 5.74) is 0.902. The van der Waals surface area contributed by atoms with Gasteiger partial charge in [-0.25, -0.2) is 4.39 Å². The third-order valence-electron chi connectivity index (χ3n) is 5.38. The van der Waals surface area contributed by atoms with Crippen molar-refractivity contribution in [3.05, 3.63) is 94.3 Å². The van der Waals surface area contributed by atoms with E-state index >= 15 is 0 Å². The predicted molar refractivity (Wildman–Crippen MR) is 122 cm³/mol. The van der Waals surface area contributed by atoms with Crippen LogP contribution in [0.25, 0.3) is 5.76 Å². The van der Waals surface area contributed by atoms with Crippen molar-refractivity contribution in [1.82, 2.24) is 0 Å². The van der Waals surface area contributed by atoms with Gasteiger partial charge in [0, 0.05) is 11.3 Å². The lowest BCUT2D eigenvalue weighted by molar-refractivity contribution is -0.132. The van der Waals surface area contributed by atoms with Crippen molar-refractivity contribution in [2.45, 2.75) is 6.04 Å². The third kappa shape index (κ3) is 4.03. The summed E-state index contributed by atoms with van der Waals surface area (Å²) < 4.78 is 24.3. The van der Waals surface area contributed by atoms with Gasteiger partial charge in [-0.05, 0) is 48.0 Å². The minimum absolute atomic E-state index is 0.123. The molecule has 4 rings (SSSR count). The molecule has 33 heavy (non-hydrogen) atoms.